The fourth-order valence-electron chi connectivity index (χ4n) is 1.38. The van der Waals surface area contributed by atoms with Crippen LogP contribution in [-0.4, -0.2) is 12.5 Å². The van der Waals surface area contributed by atoms with Crippen LogP contribution >= 0.6 is 11.6 Å². The van der Waals surface area contributed by atoms with Crippen molar-refractivity contribution < 1.29 is 4.79 Å². The molecule has 0 heterocycles. The van der Waals surface area contributed by atoms with Gasteiger partial charge in [0.15, 0.2) is 0 Å². The SMILES string of the molecule is CCC(C)C(=O)NCCc1cccc(Cl)c1. The van der Waals surface area contributed by atoms with Gasteiger partial charge in [0.2, 0.25) is 5.91 Å². The van der Waals surface area contributed by atoms with Crippen molar-refractivity contribution in [2.75, 3.05) is 6.54 Å². The van der Waals surface area contributed by atoms with Crippen molar-refractivity contribution in [3.8, 4) is 0 Å². The molecule has 0 fully saturated rings. The van der Waals surface area contributed by atoms with E-state index in [1.54, 1.807) is 0 Å². The van der Waals surface area contributed by atoms with Gasteiger partial charge >= 0.3 is 0 Å². The van der Waals surface area contributed by atoms with E-state index < -0.39 is 0 Å². The molecule has 88 valence electrons. The summed E-state index contributed by atoms with van der Waals surface area (Å²) in [4.78, 5) is 11.5. The van der Waals surface area contributed by atoms with Crippen LogP contribution in [0.1, 0.15) is 25.8 Å². The lowest BCUT2D eigenvalue weighted by atomic mass is 10.1. The van der Waals surface area contributed by atoms with Crippen LogP contribution in [0.4, 0.5) is 0 Å². The Balaban J connectivity index is 2.33. The molecule has 0 aliphatic rings. The van der Waals surface area contributed by atoms with Gasteiger partial charge in [-0.25, -0.2) is 0 Å². The molecule has 0 saturated heterocycles. The number of benzene rings is 1. The van der Waals surface area contributed by atoms with Gasteiger partial charge in [0.25, 0.3) is 0 Å². The van der Waals surface area contributed by atoms with Crippen LogP contribution in [-0.2, 0) is 11.2 Å². The molecule has 2 nitrogen and oxygen atoms in total. The molecule has 0 radical (unpaired) electrons. The summed E-state index contributed by atoms with van der Waals surface area (Å²) in [6, 6.07) is 7.72. The second kappa shape index (κ2) is 6.54. The maximum absolute atomic E-state index is 11.5. The molecule has 0 aliphatic heterocycles. The number of hydrogen-bond donors (Lipinski definition) is 1. The first kappa shape index (κ1) is 13.0. The highest BCUT2D eigenvalue weighted by Gasteiger charge is 2.08. The van der Waals surface area contributed by atoms with Crippen LogP contribution in [0.3, 0.4) is 0 Å². The van der Waals surface area contributed by atoms with Crippen molar-refractivity contribution >= 4 is 17.5 Å². The Bertz CT molecular complexity index is 352. The van der Waals surface area contributed by atoms with Crippen molar-refractivity contribution in [1.29, 1.82) is 0 Å². The van der Waals surface area contributed by atoms with Crippen molar-refractivity contribution in [1.82, 2.24) is 5.32 Å². The summed E-state index contributed by atoms with van der Waals surface area (Å²) in [5, 5.41) is 3.66. The maximum Gasteiger partial charge on any atom is 0.222 e. The fourth-order valence-corrected chi connectivity index (χ4v) is 1.60. The Morgan fingerprint density at radius 1 is 1.50 bits per heavy atom. The molecule has 1 atom stereocenters. The van der Waals surface area contributed by atoms with Crippen molar-refractivity contribution in [3.05, 3.63) is 34.9 Å². The third kappa shape index (κ3) is 4.23. The van der Waals surface area contributed by atoms with Gasteiger partial charge in [0.05, 0.1) is 0 Å². The number of rotatable bonds is 5. The highest BCUT2D eigenvalue weighted by molar-refractivity contribution is 6.30. The Morgan fingerprint density at radius 2 is 2.25 bits per heavy atom. The average Bonchev–Trinajstić information content (AvgIpc) is 2.28. The molecular formula is C13H18ClNO. The predicted molar refractivity (Wildman–Crippen MR) is 67.6 cm³/mol. The van der Waals surface area contributed by atoms with Gasteiger partial charge in [-0.15, -0.1) is 0 Å². The monoisotopic (exact) mass is 239 g/mol. The van der Waals surface area contributed by atoms with E-state index in [-0.39, 0.29) is 11.8 Å². The van der Waals surface area contributed by atoms with Gasteiger partial charge in [0, 0.05) is 17.5 Å². The molecule has 1 rings (SSSR count). The van der Waals surface area contributed by atoms with Crippen LogP contribution in [0.15, 0.2) is 24.3 Å². The Morgan fingerprint density at radius 3 is 2.88 bits per heavy atom. The Labute approximate surface area is 102 Å². The number of hydrogen-bond acceptors (Lipinski definition) is 1. The largest absolute Gasteiger partial charge is 0.356 e. The molecular weight excluding hydrogens is 222 g/mol. The second-order valence-corrected chi connectivity index (χ2v) is 4.42. The van der Waals surface area contributed by atoms with Gasteiger partial charge < -0.3 is 5.32 Å². The van der Waals surface area contributed by atoms with Crippen molar-refractivity contribution in [2.45, 2.75) is 26.7 Å². The number of nitrogens with one attached hydrogen (secondary N) is 1. The minimum Gasteiger partial charge on any atom is -0.356 e. The number of carbonyl (C=O) groups is 1. The smallest absolute Gasteiger partial charge is 0.222 e. The van der Waals surface area contributed by atoms with E-state index in [0.29, 0.717) is 6.54 Å². The Kier molecular flexibility index (Phi) is 5.33. The summed E-state index contributed by atoms with van der Waals surface area (Å²) >= 11 is 5.87. The minimum absolute atomic E-state index is 0.0966. The quantitative estimate of drug-likeness (QED) is 0.841. The third-order valence-electron chi connectivity index (χ3n) is 2.66. The van der Waals surface area contributed by atoms with Gasteiger partial charge in [-0.2, -0.15) is 0 Å². The summed E-state index contributed by atoms with van der Waals surface area (Å²) in [6.45, 7) is 4.62. The molecule has 0 saturated carbocycles. The van der Waals surface area contributed by atoms with Crippen molar-refractivity contribution in [2.24, 2.45) is 5.92 Å². The molecule has 0 bridgehead atoms. The van der Waals surface area contributed by atoms with Crippen molar-refractivity contribution in [3.63, 3.8) is 0 Å². The minimum atomic E-state index is 0.0966. The third-order valence-corrected chi connectivity index (χ3v) is 2.90. The van der Waals surface area contributed by atoms with Gasteiger partial charge in [-0.1, -0.05) is 37.6 Å². The van der Waals surface area contributed by atoms with Gasteiger partial charge in [-0.05, 0) is 30.5 Å². The summed E-state index contributed by atoms with van der Waals surface area (Å²) in [6.07, 6.45) is 1.70. The van der Waals surface area contributed by atoms with Crippen LogP contribution in [0.2, 0.25) is 5.02 Å². The lowest BCUT2D eigenvalue weighted by molar-refractivity contribution is -0.124. The van der Waals surface area contributed by atoms with E-state index in [2.05, 4.69) is 5.32 Å². The molecule has 3 heteroatoms. The summed E-state index contributed by atoms with van der Waals surface area (Å²) in [5.41, 5.74) is 1.15. The predicted octanol–water partition coefficient (Wildman–Crippen LogP) is 3.04. The fraction of sp³-hybridized carbons (Fsp3) is 0.462. The van der Waals surface area contributed by atoms with E-state index in [1.165, 1.54) is 0 Å². The number of halogens is 1. The molecule has 16 heavy (non-hydrogen) atoms. The number of carbonyl (C=O) groups excluding carboxylic acids is 1. The lowest BCUT2D eigenvalue weighted by Crippen LogP contribution is -2.30. The highest BCUT2D eigenvalue weighted by Crippen LogP contribution is 2.10. The van der Waals surface area contributed by atoms with E-state index in [0.717, 1.165) is 23.4 Å². The molecule has 1 aromatic rings. The molecule has 0 spiro atoms. The van der Waals surface area contributed by atoms with E-state index in [9.17, 15) is 4.79 Å². The topological polar surface area (TPSA) is 29.1 Å². The van der Waals surface area contributed by atoms with Gasteiger partial charge in [-0.3, -0.25) is 4.79 Å². The zero-order valence-corrected chi connectivity index (χ0v) is 10.6. The Hall–Kier alpha value is -1.02. The van der Waals surface area contributed by atoms with Crippen LogP contribution in [0.5, 0.6) is 0 Å². The highest BCUT2D eigenvalue weighted by atomic mass is 35.5. The molecule has 1 aromatic carbocycles. The van der Waals surface area contributed by atoms with E-state index >= 15 is 0 Å². The van der Waals surface area contributed by atoms with Gasteiger partial charge in [0.1, 0.15) is 0 Å². The molecule has 0 aromatic heterocycles. The first-order chi connectivity index (χ1) is 7.63. The maximum atomic E-state index is 11.5. The summed E-state index contributed by atoms with van der Waals surface area (Å²) in [5.74, 6) is 0.226. The second-order valence-electron chi connectivity index (χ2n) is 3.98. The first-order valence-electron chi connectivity index (χ1n) is 5.65. The zero-order valence-electron chi connectivity index (χ0n) is 9.79. The van der Waals surface area contributed by atoms with Crippen LogP contribution in [0.25, 0.3) is 0 Å². The molecule has 1 N–H and O–H groups in total. The van der Waals surface area contributed by atoms with E-state index in [4.69, 9.17) is 11.6 Å². The molecule has 1 unspecified atom stereocenters. The normalized spacial score (nSPS) is 12.2. The average molecular weight is 240 g/mol. The molecule has 0 aliphatic carbocycles. The molecule has 1 amide bonds. The zero-order chi connectivity index (χ0) is 12.0. The summed E-state index contributed by atoms with van der Waals surface area (Å²) in [7, 11) is 0. The standard InChI is InChI=1S/C13H18ClNO/c1-3-10(2)13(16)15-8-7-11-5-4-6-12(14)9-11/h4-6,9-10H,3,7-8H2,1-2H3,(H,15,16). The number of amides is 1. The first-order valence-corrected chi connectivity index (χ1v) is 6.03. The van der Waals surface area contributed by atoms with Crippen LogP contribution in [0, 0.1) is 5.92 Å². The van der Waals surface area contributed by atoms with Crippen LogP contribution < -0.4 is 5.32 Å². The van der Waals surface area contributed by atoms with E-state index in [1.807, 2.05) is 38.1 Å². The summed E-state index contributed by atoms with van der Waals surface area (Å²) < 4.78 is 0. The lowest BCUT2D eigenvalue weighted by Gasteiger charge is -2.09.